The van der Waals surface area contributed by atoms with E-state index in [2.05, 4.69) is 88.8 Å². The van der Waals surface area contributed by atoms with Gasteiger partial charge in [0.1, 0.15) is 5.92 Å². The molecule has 2 aliphatic rings. The van der Waals surface area contributed by atoms with Crippen LogP contribution < -0.4 is 9.80 Å². The van der Waals surface area contributed by atoms with Gasteiger partial charge in [0.25, 0.3) is 0 Å². The number of rotatable bonds is 4. The van der Waals surface area contributed by atoms with Gasteiger partial charge >= 0.3 is 0 Å². The van der Waals surface area contributed by atoms with Crippen molar-refractivity contribution in [3.63, 3.8) is 0 Å². The largest absolute Gasteiger partial charge is 0.274 e. The van der Waals surface area contributed by atoms with Crippen LogP contribution >= 0.6 is 0 Å². The SMILES string of the molecule is C#CC#CC#CC#CC#CC#CC#CC#CC1CC(=O)N(c2ccc(S(=O)(=O)c3ccc(N4C(=O)CC(C)C4=O)cc3)cc2)C1=O.[HH].[HH].[HH].[HH].[HH].[HH].[HH].[HH].[HH].[HH].[HH].[HH].[HH].[HH].[HH]. The zero-order valence-corrected chi connectivity index (χ0v) is 24.8. The zero-order valence-electron chi connectivity index (χ0n) is 24.0. The number of imide groups is 2. The summed E-state index contributed by atoms with van der Waals surface area (Å²) in [7, 11) is -3.98. The van der Waals surface area contributed by atoms with Crippen molar-refractivity contribution in [1.82, 2.24) is 0 Å². The molecule has 2 fully saturated rings. The lowest BCUT2D eigenvalue weighted by Crippen LogP contribution is -2.30. The van der Waals surface area contributed by atoms with Crippen molar-refractivity contribution in [2.24, 2.45) is 11.8 Å². The van der Waals surface area contributed by atoms with E-state index in [1.807, 2.05) is 0 Å². The third-order valence-electron chi connectivity index (χ3n) is 6.40. The van der Waals surface area contributed by atoms with Gasteiger partial charge in [0.2, 0.25) is 33.5 Å². The van der Waals surface area contributed by atoms with Gasteiger partial charge in [-0.15, -0.1) is 6.42 Å². The van der Waals surface area contributed by atoms with Gasteiger partial charge < -0.3 is 0 Å². The van der Waals surface area contributed by atoms with E-state index < -0.39 is 33.5 Å². The molecule has 0 aliphatic carbocycles. The highest BCUT2D eigenvalue weighted by molar-refractivity contribution is 7.91. The summed E-state index contributed by atoms with van der Waals surface area (Å²) in [6, 6.07) is 10.7. The number of hydrogen-bond donors (Lipinski definition) is 0. The third kappa shape index (κ3) is 7.37. The molecule has 2 heterocycles. The van der Waals surface area contributed by atoms with Gasteiger partial charge in [-0.1, -0.05) is 12.8 Å². The monoisotopic (exact) mass is 648 g/mol. The summed E-state index contributed by atoms with van der Waals surface area (Å²) in [6.45, 7) is 1.66. The molecule has 8 nitrogen and oxygen atoms in total. The summed E-state index contributed by atoms with van der Waals surface area (Å²) in [5.41, 5.74) is 0.484. The van der Waals surface area contributed by atoms with Crippen molar-refractivity contribution in [2.45, 2.75) is 29.6 Å². The quantitative estimate of drug-likeness (QED) is 0.314. The molecule has 2 aromatic rings. The molecular formula is C37H48N2O6S. The third-order valence-corrected chi connectivity index (χ3v) is 8.18. The number of sulfone groups is 1. The average molecular weight is 649 g/mol. The van der Waals surface area contributed by atoms with E-state index >= 15 is 0 Å². The van der Waals surface area contributed by atoms with Crippen LogP contribution in [-0.2, 0) is 29.0 Å². The smallest absolute Gasteiger partial charge is 0.249 e. The van der Waals surface area contributed by atoms with Crippen molar-refractivity contribution in [1.29, 1.82) is 0 Å². The number of hydrogen-bond acceptors (Lipinski definition) is 6. The van der Waals surface area contributed by atoms with Gasteiger partial charge in [-0.05, 0) is 131 Å². The second-order valence-corrected chi connectivity index (χ2v) is 11.4. The Morgan fingerprint density at radius 1 is 0.609 bits per heavy atom. The summed E-state index contributed by atoms with van der Waals surface area (Å²) in [6.07, 6.45) is 4.89. The van der Waals surface area contributed by atoms with E-state index in [-0.39, 0.29) is 61.5 Å². The van der Waals surface area contributed by atoms with Crippen molar-refractivity contribution in [3.8, 4) is 95.2 Å². The minimum Gasteiger partial charge on any atom is -0.274 e. The highest BCUT2D eigenvalue weighted by Crippen LogP contribution is 2.31. The molecule has 0 spiro atoms. The number of carbonyl (C=O) groups is 4. The summed E-state index contributed by atoms with van der Waals surface area (Å²) in [4.78, 5) is 51.8. The zero-order chi connectivity index (χ0) is 33.1. The maximum absolute atomic E-state index is 13.2. The second kappa shape index (κ2) is 14.6. The number of amides is 4. The maximum Gasteiger partial charge on any atom is 0.249 e. The van der Waals surface area contributed by atoms with Crippen LogP contribution in [0.15, 0.2) is 58.3 Å². The lowest BCUT2D eigenvalue weighted by atomic mass is 10.1. The molecule has 2 aromatic carbocycles. The molecule has 0 aromatic heterocycles. The van der Waals surface area contributed by atoms with Gasteiger partial charge in [0, 0.05) is 33.7 Å². The van der Waals surface area contributed by atoms with E-state index in [1.54, 1.807) is 6.92 Å². The molecule has 4 rings (SSSR count). The van der Waals surface area contributed by atoms with E-state index in [0.29, 0.717) is 5.69 Å². The molecule has 248 valence electrons. The van der Waals surface area contributed by atoms with Crippen molar-refractivity contribution >= 4 is 44.8 Å². The number of carbonyl (C=O) groups excluding carboxylic acids is 4. The Morgan fingerprint density at radius 3 is 1.41 bits per heavy atom. The van der Waals surface area contributed by atoms with E-state index in [4.69, 9.17) is 6.42 Å². The number of anilines is 2. The van der Waals surface area contributed by atoms with E-state index in [9.17, 15) is 27.6 Å². The van der Waals surface area contributed by atoms with Crippen molar-refractivity contribution in [3.05, 3.63) is 48.5 Å². The Morgan fingerprint density at radius 2 is 1.00 bits per heavy atom. The summed E-state index contributed by atoms with van der Waals surface area (Å²) >= 11 is 0. The van der Waals surface area contributed by atoms with Crippen LogP contribution in [-0.4, -0.2) is 32.0 Å². The first-order valence-electron chi connectivity index (χ1n) is 13.3. The maximum atomic E-state index is 13.2. The normalized spacial score (nSPS) is 16.1. The predicted octanol–water partition coefficient (Wildman–Crippen LogP) is 5.65. The van der Waals surface area contributed by atoms with E-state index in [0.717, 1.165) is 9.80 Å². The molecular weight excluding hydrogens is 600 g/mol. The Kier molecular flexibility index (Phi) is 10.1. The van der Waals surface area contributed by atoms with Crippen LogP contribution in [0.1, 0.15) is 41.2 Å². The fourth-order valence-corrected chi connectivity index (χ4v) is 5.52. The molecule has 0 N–H and O–H groups in total. The number of nitrogens with zero attached hydrogens (tertiary/aromatic N) is 2. The molecule has 0 saturated carbocycles. The molecule has 2 aliphatic heterocycles. The predicted molar refractivity (Wildman–Crippen MR) is 200 cm³/mol. The fourth-order valence-electron chi connectivity index (χ4n) is 4.26. The molecule has 2 atom stereocenters. The molecule has 0 radical (unpaired) electrons. The number of terminal acetylenes is 1. The van der Waals surface area contributed by atoms with Crippen LogP contribution in [0.25, 0.3) is 0 Å². The highest BCUT2D eigenvalue weighted by Gasteiger charge is 2.39. The van der Waals surface area contributed by atoms with Crippen LogP contribution in [0.2, 0.25) is 0 Å². The van der Waals surface area contributed by atoms with Crippen molar-refractivity contribution in [2.75, 3.05) is 9.80 Å². The van der Waals surface area contributed by atoms with Gasteiger partial charge in [0.05, 0.1) is 27.6 Å². The lowest BCUT2D eigenvalue weighted by Gasteiger charge is -2.16. The van der Waals surface area contributed by atoms with Gasteiger partial charge in [0.15, 0.2) is 0 Å². The van der Waals surface area contributed by atoms with Crippen LogP contribution in [0.3, 0.4) is 0 Å². The van der Waals surface area contributed by atoms with E-state index in [1.165, 1.54) is 48.5 Å². The fraction of sp³-hybridized carbons (Fsp3) is 0.135. The molecule has 0 bridgehead atoms. The topological polar surface area (TPSA) is 109 Å². The summed E-state index contributed by atoms with van der Waals surface area (Å²) < 4.78 is 26.4. The van der Waals surface area contributed by atoms with Crippen LogP contribution in [0.4, 0.5) is 11.4 Å². The Labute approximate surface area is 289 Å². The van der Waals surface area contributed by atoms with Gasteiger partial charge in [-0.2, -0.15) is 0 Å². The van der Waals surface area contributed by atoms with Gasteiger partial charge in [-0.25, -0.2) is 13.3 Å². The molecule has 2 saturated heterocycles. The highest BCUT2D eigenvalue weighted by atomic mass is 32.2. The molecule has 9 heteroatoms. The minimum absolute atomic E-state index is 0. The Bertz CT molecular complexity index is 2310. The minimum atomic E-state index is -3.98. The standard InChI is InChI=1S/C37H18N2O6S.15H2/c1-3-4-5-6-7-8-9-10-11-12-13-14-15-16-17-29-27-35(41)39(37(29)43)31-20-24-33(25-21-31)46(44,45)32-22-18-30(19-23-32)38-34(40)26-28(2)36(38)42;;;;;;;;;;;;;;;/h1,18-25,28-29H,26-27H2,2H3;15*1H. The molecule has 2 unspecified atom stereocenters. The average Bonchev–Trinajstić information content (AvgIpc) is 3.47. The van der Waals surface area contributed by atoms with Crippen LogP contribution in [0.5, 0.6) is 0 Å². The Balaban J connectivity index is -0.000000160. The number of benzene rings is 2. The van der Waals surface area contributed by atoms with Crippen LogP contribution in [0, 0.1) is 107 Å². The van der Waals surface area contributed by atoms with Crippen molar-refractivity contribution < 1.29 is 49.0 Å². The summed E-state index contributed by atoms with van der Waals surface area (Å²) in [5, 5.41) is 0. The first kappa shape index (κ1) is 32.1. The summed E-state index contributed by atoms with van der Waals surface area (Å²) in [5.74, 6) is 33.4. The van der Waals surface area contributed by atoms with Gasteiger partial charge in [-0.3, -0.25) is 24.1 Å². The molecule has 46 heavy (non-hydrogen) atoms. The molecule has 4 amide bonds. The lowest BCUT2D eigenvalue weighted by molar-refractivity contribution is -0.123. The first-order valence-corrected chi connectivity index (χ1v) is 14.8. The second-order valence-electron chi connectivity index (χ2n) is 9.40. The Hall–Kier alpha value is -6.85. The first-order chi connectivity index (χ1) is 22.1.